The molecule has 68 valence electrons. The fourth-order valence-electron chi connectivity index (χ4n) is 0.326. The number of oxime groups is 1. The van der Waals surface area contributed by atoms with E-state index < -0.39 is 5.91 Å². The van der Waals surface area contributed by atoms with Crippen LogP contribution in [-0.4, -0.2) is 18.9 Å². The third-order valence-corrected chi connectivity index (χ3v) is 0.801. The lowest BCUT2D eigenvalue weighted by atomic mass is 10.6. The van der Waals surface area contributed by atoms with E-state index in [2.05, 4.69) is 26.9 Å². The molecule has 0 spiro atoms. The summed E-state index contributed by atoms with van der Waals surface area (Å²) in [6.45, 7) is 5.04. The molecule has 12 heavy (non-hydrogen) atoms. The van der Waals surface area contributed by atoms with E-state index in [0.717, 1.165) is 12.5 Å². The van der Waals surface area contributed by atoms with Gasteiger partial charge in [0, 0.05) is 6.21 Å². The molecule has 0 fully saturated rings. The molecule has 0 radical (unpaired) electrons. The normalized spacial score (nSPS) is 9.75. The van der Waals surface area contributed by atoms with Gasteiger partial charge < -0.3 is 4.84 Å². The molecular weight excluding hydrogens is 160 g/mol. The summed E-state index contributed by atoms with van der Waals surface area (Å²) in [4.78, 5) is 19.5. The summed E-state index contributed by atoms with van der Waals surface area (Å²) in [6, 6.07) is 0. The molecule has 5 nitrogen and oxygen atoms in total. The van der Waals surface area contributed by atoms with Gasteiger partial charge in [-0.15, -0.1) is 0 Å². The van der Waals surface area contributed by atoms with Crippen molar-refractivity contribution in [1.82, 2.24) is 5.48 Å². The quantitative estimate of drug-likeness (QED) is 0.210. The molecule has 5 heteroatoms. The zero-order chi connectivity index (χ0) is 9.23. The van der Waals surface area contributed by atoms with Crippen LogP contribution in [0, 0.1) is 0 Å². The van der Waals surface area contributed by atoms with Gasteiger partial charge in [-0.2, -0.15) is 0 Å². The molecule has 0 unspecified atom stereocenters. The molecule has 1 amide bonds. The van der Waals surface area contributed by atoms with Crippen molar-refractivity contribution in [3.8, 4) is 0 Å². The van der Waals surface area contributed by atoms with Gasteiger partial charge in [-0.05, 0) is 12.5 Å². The first-order valence-corrected chi connectivity index (χ1v) is 3.49. The molecule has 0 rings (SSSR count). The number of carbonyl (C=O) groups excluding carboxylic acids is 1. The average molecular weight is 172 g/mol. The number of hydrogen-bond acceptors (Lipinski definition) is 4. The van der Waals surface area contributed by atoms with Crippen LogP contribution in [-0.2, 0) is 14.5 Å². The number of amides is 1. The molecule has 0 aromatic carbocycles. The van der Waals surface area contributed by atoms with Gasteiger partial charge in [0.1, 0.15) is 0 Å². The first kappa shape index (κ1) is 10.6. The van der Waals surface area contributed by atoms with E-state index >= 15 is 0 Å². The molecule has 1 N–H and O–H groups in total. The average Bonchev–Trinajstić information content (AvgIpc) is 2.10. The topological polar surface area (TPSA) is 59.9 Å². The first-order valence-electron chi connectivity index (χ1n) is 3.49. The van der Waals surface area contributed by atoms with Crippen LogP contribution < -0.4 is 5.48 Å². The lowest BCUT2D eigenvalue weighted by Crippen LogP contribution is -2.22. The SMILES string of the molecule is C=CC(=O)NOCO/N=C\CC. The van der Waals surface area contributed by atoms with E-state index in [1.54, 1.807) is 6.21 Å². The van der Waals surface area contributed by atoms with Crippen LogP contribution in [0.2, 0.25) is 0 Å². The number of nitrogens with one attached hydrogen (secondary N) is 1. The van der Waals surface area contributed by atoms with E-state index in [9.17, 15) is 4.79 Å². The van der Waals surface area contributed by atoms with E-state index in [0.29, 0.717) is 0 Å². The predicted octanol–water partition coefficient (Wildman–Crippen LogP) is 0.590. The summed E-state index contributed by atoms with van der Waals surface area (Å²) in [5, 5.41) is 3.49. The monoisotopic (exact) mass is 172 g/mol. The number of carbonyl (C=O) groups is 1. The number of rotatable bonds is 6. The molecule has 0 aromatic heterocycles. The van der Waals surface area contributed by atoms with E-state index in [1.807, 2.05) is 6.92 Å². The Morgan fingerprint density at radius 3 is 3.08 bits per heavy atom. The van der Waals surface area contributed by atoms with Crippen molar-refractivity contribution >= 4 is 12.1 Å². The van der Waals surface area contributed by atoms with Gasteiger partial charge in [0.15, 0.2) is 0 Å². The highest BCUT2D eigenvalue weighted by Gasteiger charge is 1.90. The summed E-state index contributed by atoms with van der Waals surface area (Å²) < 4.78 is 0. The minimum Gasteiger partial charge on any atom is -0.365 e. The summed E-state index contributed by atoms with van der Waals surface area (Å²) in [6.07, 6.45) is 3.47. The van der Waals surface area contributed by atoms with Crippen molar-refractivity contribution in [2.45, 2.75) is 13.3 Å². The fourth-order valence-corrected chi connectivity index (χ4v) is 0.326. The van der Waals surface area contributed by atoms with Crippen LogP contribution in [0.1, 0.15) is 13.3 Å². The number of hydrogen-bond donors (Lipinski definition) is 1. The van der Waals surface area contributed by atoms with Crippen molar-refractivity contribution in [2.75, 3.05) is 6.79 Å². The summed E-state index contributed by atoms with van der Waals surface area (Å²) in [7, 11) is 0. The number of nitrogens with zero attached hydrogens (tertiary/aromatic N) is 1. The molecule has 0 atom stereocenters. The Morgan fingerprint density at radius 1 is 1.75 bits per heavy atom. The summed E-state index contributed by atoms with van der Waals surface area (Å²) in [5.74, 6) is -0.418. The predicted molar refractivity (Wildman–Crippen MR) is 44.2 cm³/mol. The molecular formula is C7H12N2O3. The van der Waals surface area contributed by atoms with E-state index in [1.165, 1.54) is 0 Å². The second-order valence-corrected chi connectivity index (χ2v) is 1.76. The molecule has 0 aliphatic carbocycles. The molecule has 0 bridgehead atoms. The third-order valence-electron chi connectivity index (χ3n) is 0.801. The Kier molecular flexibility index (Phi) is 6.87. The number of hydroxylamine groups is 1. The van der Waals surface area contributed by atoms with Gasteiger partial charge >= 0.3 is 0 Å². The van der Waals surface area contributed by atoms with Gasteiger partial charge in [-0.1, -0.05) is 18.7 Å². The maximum Gasteiger partial charge on any atom is 0.267 e. The largest absolute Gasteiger partial charge is 0.365 e. The maximum atomic E-state index is 10.5. The molecule has 0 saturated carbocycles. The summed E-state index contributed by atoms with van der Waals surface area (Å²) >= 11 is 0. The molecule has 0 aliphatic heterocycles. The zero-order valence-electron chi connectivity index (χ0n) is 6.95. The van der Waals surface area contributed by atoms with Crippen molar-refractivity contribution < 1.29 is 14.5 Å². The highest BCUT2D eigenvalue weighted by Crippen LogP contribution is 1.77. The van der Waals surface area contributed by atoms with Crippen molar-refractivity contribution in [1.29, 1.82) is 0 Å². The lowest BCUT2D eigenvalue weighted by Gasteiger charge is -2.00. The van der Waals surface area contributed by atoms with Crippen LogP contribution in [0.3, 0.4) is 0 Å². The maximum absolute atomic E-state index is 10.5. The van der Waals surface area contributed by atoms with Gasteiger partial charge in [-0.25, -0.2) is 10.3 Å². The smallest absolute Gasteiger partial charge is 0.267 e. The highest BCUT2D eigenvalue weighted by atomic mass is 16.8. The van der Waals surface area contributed by atoms with Crippen LogP contribution in [0.4, 0.5) is 0 Å². The van der Waals surface area contributed by atoms with Gasteiger partial charge in [0.25, 0.3) is 5.91 Å². The van der Waals surface area contributed by atoms with Crippen LogP contribution >= 0.6 is 0 Å². The van der Waals surface area contributed by atoms with Crippen LogP contribution in [0.5, 0.6) is 0 Å². The second-order valence-electron chi connectivity index (χ2n) is 1.76. The Bertz CT molecular complexity index is 168. The molecule has 0 heterocycles. The first-order chi connectivity index (χ1) is 5.81. The van der Waals surface area contributed by atoms with Crippen LogP contribution in [0.25, 0.3) is 0 Å². The molecule has 0 aliphatic rings. The lowest BCUT2D eigenvalue weighted by molar-refractivity contribution is -0.143. The standard InChI is InChI=1S/C7H12N2O3/c1-3-5-8-11-6-12-9-7(10)4-2/h4-5H,2-3,6H2,1H3,(H,9,10)/b8-5-. The minimum absolute atomic E-state index is 0.115. The van der Waals surface area contributed by atoms with Crippen LogP contribution in [0.15, 0.2) is 17.8 Å². The van der Waals surface area contributed by atoms with E-state index in [4.69, 9.17) is 0 Å². The Hall–Kier alpha value is -1.36. The Labute approximate surface area is 71.0 Å². The van der Waals surface area contributed by atoms with Gasteiger partial charge in [-0.3, -0.25) is 4.79 Å². The Balaban J connectivity index is 3.16. The third kappa shape index (κ3) is 6.76. The minimum atomic E-state index is -0.418. The van der Waals surface area contributed by atoms with Crippen molar-refractivity contribution in [3.05, 3.63) is 12.7 Å². The molecule has 0 aromatic rings. The molecule has 0 saturated heterocycles. The zero-order valence-corrected chi connectivity index (χ0v) is 6.95. The van der Waals surface area contributed by atoms with Crippen molar-refractivity contribution in [3.63, 3.8) is 0 Å². The second kappa shape index (κ2) is 7.74. The van der Waals surface area contributed by atoms with Gasteiger partial charge in [0.05, 0.1) is 0 Å². The Morgan fingerprint density at radius 2 is 2.50 bits per heavy atom. The van der Waals surface area contributed by atoms with Crippen molar-refractivity contribution in [2.24, 2.45) is 5.16 Å². The summed E-state index contributed by atoms with van der Waals surface area (Å²) in [5.41, 5.74) is 2.05. The van der Waals surface area contributed by atoms with E-state index in [-0.39, 0.29) is 6.79 Å². The highest BCUT2D eigenvalue weighted by molar-refractivity contribution is 5.85. The fraction of sp³-hybridized carbons (Fsp3) is 0.429. The van der Waals surface area contributed by atoms with Gasteiger partial charge in [0.2, 0.25) is 6.79 Å².